The Kier molecular flexibility index (Phi) is 9.31. The average Bonchev–Trinajstić information content (AvgIpc) is 3.89. The van der Waals surface area contributed by atoms with E-state index in [1.807, 2.05) is 18.2 Å². The zero-order valence-corrected chi connectivity index (χ0v) is 38.7. The van der Waals surface area contributed by atoms with E-state index in [0.29, 0.717) is 11.5 Å². The first-order valence-electron chi connectivity index (χ1n) is 22.2. The van der Waals surface area contributed by atoms with Crippen LogP contribution >= 0.6 is 0 Å². The summed E-state index contributed by atoms with van der Waals surface area (Å²) in [7, 11) is 0. The normalized spacial score (nSPS) is 12.7. The van der Waals surface area contributed by atoms with Crippen molar-refractivity contribution >= 4 is 56.8 Å². The minimum atomic E-state index is -0.518. The first-order valence-corrected chi connectivity index (χ1v) is 22.2. The Morgan fingerprint density at radius 2 is 1.15 bits per heavy atom. The molecule has 0 amide bonds. The first kappa shape index (κ1) is 40.1. The third kappa shape index (κ3) is 6.21. The molecule has 5 heterocycles. The Morgan fingerprint density at radius 1 is 0.545 bits per heavy atom. The molecule has 0 saturated heterocycles. The van der Waals surface area contributed by atoms with E-state index in [1.54, 1.807) is 0 Å². The van der Waals surface area contributed by atoms with Gasteiger partial charge in [0.2, 0.25) is 6.33 Å². The quantitative estimate of drug-likeness (QED) is 0.121. The number of benzene rings is 8. The fourth-order valence-electron chi connectivity index (χ4n) is 10.1. The van der Waals surface area contributed by atoms with E-state index < -0.39 is 6.98 Å². The Balaban J connectivity index is 0.00000456. The zero-order valence-electron chi connectivity index (χ0n) is 36.4. The molecule has 0 atom stereocenters. The Bertz CT molecular complexity index is 3720. The van der Waals surface area contributed by atoms with Gasteiger partial charge in [0, 0.05) is 49.2 Å². The summed E-state index contributed by atoms with van der Waals surface area (Å²) in [6.07, 6.45) is 3.99. The molecule has 6 nitrogen and oxygen atoms in total. The second kappa shape index (κ2) is 15.3. The maximum absolute atomic E-state index is 6.72. The average molecular weight is 1030 g/mol. The molecule has 8 aromatic carbocycles. The topological polar surface area (TPSA) is 39.1 Å². The molecule has 66 heavy (non-hydrogen) atoms. The number of para-hydroxylation sites is 3. The van der Waals surface area contributed by atoms with Gasteiger partial charge in [0.15, 0.2) is 0 Å². The number of imidazole rings is 1. The second-order valence-electron chi connectivity index (χ2n) is 18.0. The molecular weight excluding hydrogens is 989 g/mol. The predicted molar refractivity (Wildman–Crippen MR) is 263 cm³/mol. The van der Waals surface area contributed by atoms with Gasteiger partial charge in [0.05, 0.1) is 11.0 Å². The summed E-state index contributed by atoms with van der Waals surface area (Å²) in [5.41, 5.74) is 14.5. The molecule has 0 unspecified atom stereocenters. The maximum atomic E-state index is 6.72. The van der Waals surface area contributed by atoms with Crippen LogP contribution in [0, 0.1) is 18.5 Å². The predicted octanol–water partition coefficient (Wildman–Crippen LogP) is 12.6. The van der Waals surface area contributed by atoms with Crippen molar-refractivity contribution in [3.8, 4) is 56.4 Å². The van der Waals surface area contributed by atoms with Gasteiger partial charge in [-0.25, -0.2) is 4.98 Å². The molecule has 318 valence electrons. The number of aromatic nitrogens is 4. The number of fused-ring (bicyclic) bond motifs is 19. The van der Waals surface area contributed by atoms with Crippen molar-refractivity contribution in [1.82, 2.24) is 14.1 Å². The maximum Gasteiger partial charge on any atom is 0.525 e. The molecular formula is C58H40BN5OPt-2. The summed E-state index contributed by atoms with van der Waals surface area (Å²) in [4.78, 5) is 8.24. The van der Waals surface area contributed by atoms with Crippen molar-refractivity contribution in [2.24, 2.45) is 0 Å². The molecule has 13 rings (SSSR count). The molecule has 0 radical (unpaired) electrons. The van der Waals surface area contributed by atoms with E-state index in [2.05, 4.69) is 228 Å². The van der Waals surface area contributed by atoms with E-state index in [4.69, 9.17) is 9.72 Å². The van der Waals surface area contributed by atoms with Crippen LogP contribution in [0.25, 0.3) is 77.7 Å². The van der Waals surface area contributed by atoms with Crippen LogP contribution in [-0.4, -0.2) is 21.1 Å². The molecule has 8 heteroatoms. The fraction of sp³-hybridized carbons (Fsp3) is 0.0690. The number of ether oxygens (including phenoxy) is 1. The molecule has 8 bridgehead atoms. The summed E-state index contributed by atoms with van der Waals surface area (Å²) in [6.45, 7) is 6.31. The molecule has 2 aliphatic rings. The fourth-order valence-corrected chi connectivity index (χ4v) is 10.1. The summed E-state index contributed by atoms with van der Waals surface area (Å²) < 4.78 is 13.5. The van der Waals surface area contributed by atoms with Crippen LogP contribution in [-0.2, 0) is 26.5 Å². The van der Waals surface area contributed by atoms with Gasteiger partial charge in [-0.2, -0.15) is 18.2 Å². The van der Waals surface area contributed by atoms with Crippen molar-refractivity contribution in [3.05, 3.63) is 212 Å². The summed E-state index contributed by atoms with van der Waals surface area (Å²) in [5.74, 6) is 2.75. The number of nitrogens with zero attached hydrogens (tertiary/aromatic N) is 5. The van der Waals surface area contributed by atoms with Crippen molar-refractivity contribution in [2.75, 3.05) is 4.81 Å². The Morgan fingerprint density at radius 3 is 1.92 bits per heavy atom. The van der Waals surface area contributed by atoms with Crippen molar-refractivity contribution in [1.29, 1.82) is 0 Å². The van der Waals surface area contributed by atoms with Crippen LogP contribution in [0.1, 0.15) is 26.3 Å². The molecule has 0 spiro atoms. The van der Waals surface area contributed by atoms with Crippen LogP contribution in [0.5, 0.6) is 11.5 Å². The monoisotopic (exact) mass is 1030 g/mol. The minimum absolute atomic E-state index is 0. The summed E-state index contributed by atoms with van der Waals surface area (Å²) >= 11 is 0. The molecule has 0 fully saturated rings. The van der Waals surface area contributed by atoms with Gasteiger partial charge in [-0.3, -0.25) is 0 Å². The van der Waals surface area contributed by atoms with Gasteiger partial charge >= 0.3 is 6.98 Å². The van der Waals surface area contributed by atoms with E-state index in [9.17, 15) is 0 Å². The molecule has 11 aromatic rings. The van der Waals surface area contributed by atoms with E-state index >= 15 is 0 Å². The Hall–Kier alpha value is -7.47. The minimum Gasteiger partial charge on any atom is -0.510 e. The molecule has 3 aromatic heterocycles. The number of pyridine rings is 1. The van der Waals surface area contributed by atoms with Gasteiger partial charge in [0.25, 0.3) is 0 Å². The smallest absolute Gasteiger partial charge is 0.510 e. The molecule has 0 N–H and O–H groups in total. The van der Waals surface area contributed by atoms with Gasteiger partial charge in [-0.15, -0.1) is 29.7 Å². The van der Waals surface area contributed by atoms with Crippen LogP contribution < -0.4 is 19.5 Å². The van der Waals surface area contributed by atoms with Crippen LogP contribution in [0.15, 0.2) is 188 Å². The molecule has 0 aliphatic carbocycles. The standard InChI is InChI=1S/C58H40BN5O.Pt/c1-58(2,3)38-33-55-60-56(34-38)64(39-17-5-4-6-18-39)59-51-28-13-11-25-47(51)45-23-9-7-21-43(45)44-22-8-10-24-46(44)50-27-16-30-53-57(50)62(59)37-61(53)40-19-15-20-41(35-40)65-42-31-32-49-48-26-12-14-29-52(48)63(55)54(49)36-42;/h4-34H,1-3H3;/q-2;. The molecule has 2 aliphatic heterocycles. The van der Waals surface area contributed by atoms with Crippen molar-refractivity contribution < 1.29 is 30.3 Å². The molecule has 0 saturated carbocycles. The second-order valence-corrected chi connectivity index (χ2v) is 18.0. The number of hydrogen-bond donors (Lipinski definition) is 0. The SMILES string of the molecule is CC(C)(C)c1cc2nc(c1)-n1c3[c-]c(ccc3c3ccccc31)Oc1[c-]c(ccc1)-n1[c-][n+]3c4c(cccc41)-c1ccccc1-c1ccccc1-c1ccccc1B3N2c1ccccc1.[Pt]. The largest absolute Gasteiger partial charge is 0.525 e. The van der Waals surface area contributed by atoms with Gasteiger partial charge in [-0.1, -0.05) is 159 Å². The van der Waals surface area contributed by atoms with Gasteiger partial charge in [-0.05, 0) is 80.1 Å². The van der Waals surface area contributed by atoms with E-state index in [1.165, 1.54) is 5.56 Å². The first-order chi connectivity index (χ1) is 31.9. The third-order valence-corrected chi connectivity index (χ3v) is 13.1. The number of rotatable bonds is 1. The van der Waals surface area contributed by atoms with Gasteiger partial charge < -0.3 is 23.2 Å². The number of hydrogen-bond acceptors (Lipinski definition) is 3. The third-order valence-electron chi connectivity index (χ3n) is 13.1. The van der Waals surface area contributed by atoms with Crippen LogP contribution in [0.2, 0.25) is 0 Å². The zero-order chi connectivity index (χ0) is 43.4. The van der Waals surface area contributed by atoms with E-state index in [0.717, 1.165) is 94.7 Å². The van der Waals surface area contributed by atoms with Crippen molar-refractivity contribution in [2.45, 2.75) is 26.2 Å². The van der Waals surface area contributed by atoms with Crippen LogP contribution in [0.4, 0.5) is 11.5 Å². The van der Waals surface area contributed by atoms with Crippen LogP contribution in [0.3, 0.4) is 0 Å². The van der Waals surface area contributed by atoms with Gasteiger partial charge in [0.1, 0.15) is 11.6 Å². The van der Waals surface area contributed by atoms with Crippen molar-refractivity contribution in [3.63, 3.8) is 0 Å². The summed E-state index contributed by atoms with van der Waals surface area (Å²) in [6, 6.07) is 74.5. The van der Waals surface area contributed by atoms with E-state index in [-0.39, 0.29) is 26.5 Å². The summed E-state index contributed by atoms with van der Waals surface area (Å²) in [5, 5.41) is 2.19. The Labute approximate surface area is 398 Å². The number of anilines is 2.